The molecule has 2 aromatic carbocycles. The summed E-state index contributed by atoms with van der Waals surface area (Å²) in [6.45, 7) is 13.2. The highest BCUT2D eigenvalue weighted by Crippen LogP contribution is 2.48. The van der Waals surface area contributed by atoms with Crippen molar-refractivity contribution >= 4 is 45.4 Å². The van der Waals surface area contributed by atoms with E-state index in [0.29, 0.717) is 42.9 Å². The van der Waals surface area contributed by atoms with E-state index in [2.05, 4.69) is 32.0 Å². The number of halogens is 1. The van der Waals surface area contributed by atoms with Crippen molar-refractivity contribution in [2.45, 2.75) is 81.6 Å². The summed E-state index contributed by atoms with van der Waals surface area (Å²) in [5, 5.41) is 3.21. The Morgan fingerprint density at radius 3 is 2.53 bits per heavy atom. The number of fused-ring (bicyclic) bond motifs is 4. The maximum atomic E-state index is 13.4. The van der Waals surface area contributed by atoms with Crippen LogP contribution in [0.5, 0.6) is 5.75 Å². The third kappa shape index (κ3) is 8.50. The number of allylic oxidation sites excluding steroid dienone is 1. The van der Waals surface area contributed by atoms with E-state index in [9.17, 15) is 22.8 Å². The minimum Gasteiger partial charge on any atom is -0.490 e. The quantitative estimate of drug-likeness (QED) is 0.334. The highest BCUT2D eigenvalue weighted by atomic mass is 35.5. The summed E-state index contributed by atoms with van der Waals surface area (Å²) in [6.07, 6.45) is 9.65. The topological polar surface area (TPSA) is 138 Å². The Kier molecular flexibility index (Phi) is 12.4. The van der Waals surface area contributed by atoms with Crippen molar-refractivity contribution in [2.75, 3.05) is 71.0 Å². The van der Waals surface area contributed by atoms with Gasteiger partial charge < -0.3 is 24.6 Å². The summed E-state index contributed by atoms with van der Waals surface area (Å²) in [5.41, 5.74) is 2.05. The number of ether oxygens (including phenoxy) is 2. The number of aldehydes is 1. The van der Waals surface area contributed by atoms with E-state index in [-0.39, 0.29) is 34.6 Å². The molecule has 1 saturated carbocycles. The van der Waals surface area contributed by atoms with E-state index in [0.717, 1.165) is 83.3 Å². The van der Waals surface area contributed by atoms with Crippen molar-refractivity contribution in [2.24, 2.45) is 17.8 Å². The fourth-order valence-corrected chi connectivity index (χ4v) is 11.2. The first kappa shape index (κ1) is 41.7. The number of hydrogen-bond acceptors (Lipinski definition) is 10. The molecule has 0 radical (unpaired) electrons. The van der Waals surface area contributed by atoms with Crippen molar-refractivity contribution in [3.8, 4) is 5.75 Å². The average Bonchev–Trinajstić information content (AvgIpc) is 3.31. The lowest BCUT2D eigenvalue weighted by atomic mass is 9.64. The summed E-state index contributed by atoms with van der Waals surface area (Å²) in [5.74, 6) is 0.0116. The summed E-state index contributed by atoms with van der Waals surface area (Å²) in [6, 6.07) is 11.9. The summed E-state index contributed by atoms with van der Waals surface area (Å²) >= 11 is 6.40. The molecule has 1 spiro atoms. The number of piperazine rings is 1. The first-order chi connectivity index (χ1) is 27.3. The van der Waals surface area contributed by atoms with Crippen molar-refractivity contribution in [1.29, 1.82) is 0 Å². The van der Waals surface area contributed by atoms with Crippen LogP contribution in [0.4, 0.5) is 5.69 Å². The van der Waals surface area contributed by atoms with Crippen LogP contribution in [0, 0.1) is 17.8 Å². The smallest absolute Gasteiger partial charge is 0.264 e. The molecule has 0 unspecified atom stereocenters. The van der Waals surface area contributed by atoms with Crippen molar-refractivity contribution in [1.82, 2.24) is 19.8 Å². The van der Waals surface area contributed by atoms with Gasteiger partial charge in [-0.25, -0.2) is 13.1 Å². The van der Waals surface area contributed by atoms with Gasteiger partial charge in [0, 0.05) is 94.4 Å². The second kappa shape index (κ2) is 17.0. The van der Waals surface area contributed by atoms with Gasteiger partial charge in [0.2, 0.25) is 15.9 Å². The SMILES string of the molecule is CC(=O)N1CC(N2CCNCC2)C1.CO[C@@]1(C=O)/C=C/C[C@H](C)[C@@H](C)S(=O)(=O)NC(=O)c2ccc3c(c2)N(C[C@@H]2CC[C@H]21)C[C@@]1(CCCc2cc(Cl)ccc21)CO3. The molecule has 2 N–H and O–H groups in total. The number of amides is 2. The molecule has 8 rings (SSSR count). The number of sulfonamides is 1. The Morgan fingerprint density at radius 1 is 1.07 bits per heavy atom. The summed E-state index contributed by atoms with van der Waals surface area (Å²) in [7, 11) is -2.41. The van der Waals surface area contributed by atoms with E-state index in [1.54, 1.807) is 39.2 Å². The number of aryl methyl sites for hydroxylation is 1. The molecular weight excluding hydrogens is 766 g/mol. The zero-order valence-corrected chi connectivity index (χ0v) is 35.2. The van der Waals surface area contributed by atoms with E-state index >= 15 is 0 Å². The molecular formula is C43H58ClN5O7S. The van der Waals surface area contributed by atoms with Crippen molar-refractivity contribution < 1.29 is 32.3 Å². The first-order valence-corrected chi connectivity index (χ1v) is 22.5. The first-order valence-electron chi connectivity index (χ1n) is 20.5. The number of anilines is 1. The highest BCUT2D eigenvalue weighted by molar-refractivity contribution is 7.90. The molecule has 57 heavy (non-hydrogen) atoms. The Bertz CT molecular complexity index is 1970. The Balaban J connectivity index is 0.000000322. The molecule has 2 amide bonds. The number of methoxy groups -OCH3 is 1. The largest absolute Gasteiger partial charge is 0.490 e. The van der Waals surface area contributed by atoms with E-state index in [1.165, 1.54) is 11.1 Å². The molecule has 0 aromatic heterocycles. The molecule has 2 aliphatic carbocycles. The molecule has 2 saturated heterocycles. The van der Waals surface area contributed by atoms with Gasteiger partial charge in [-0.3, -0.25) is 19.3 Å². The Hall–Kier alpha value is -3.49. The normalized spacial score (nSPS) is 32.1. The fourth-order valence-electron chi connectivity index (χ4n) is 9.67. The van der Waals surface area contributed by atoms with Crippen LogP contribution in [0.2, 0.25) is 5.02 Å². The number of carbonyl (C=O) groups is 3. The van der Waals surface area contributed by atoms with Gasteiger partial charge in [0.05, 0.1) is 17.5 Å². The molecule has 6 atom stereocenters. The van der Waals surface area contributed by atoms with Crippen molar-refractivity contribution in [3.63, 3.8) is 0 Å². The van der Waals surface area contributed by atoms with Crippen LogP contribution in [-0.2, 0) is 36.2 Å². The molecule has 14 heteroatoms. The lowest BCUT2D eigenvalue weighted by molar-refractivity contribution is -0.136. The van der Waals surface area contributed by atoms with Crippen LogP contribution < -0.4 is 19.7 Å². The summed E-state index contributed by atoms with van der Waals surface area (Å²) in [4.78, 5) is 43.7. The zero-order valence-electron chi connectivity index (χ0n) is 33.7. The molecule has 2 bridgehead atoms. The number of carbonyl (C=O) groups excluding carboxylic acids is 3. The molecule has 12 nitrogen and oxygen atoms in total. The minimum absolute atomic E-state index is 0.0434. The average molecular weight is 824 g/mol. The highest BCUT2D eigenvalue weighted by Gasteiger charge is 2.49. The maximum absolute atomic E-state index is 13.4. The van der Waals surface area contributed by atoms with Gasteiger partial charge in [0.1, 0.15) is 11.4 Å². The van der Waals surface area contributed by atoms with Gasteiger partial charge in [0.15, 0.2) is 6.29 Å². The van der Waals surface area contributed by atoms with Gasteiger partial charge in [-0.2, -0.15) is 0 Å². The predicted octanol–water partition coefficient (Wildman–Crippen LogP) is 4.59. The molecule has 6 aliphatic rings. The number of rotatable bonds is 3. The summed E-state index contributed by atoms with van der Waals surface area (Å²) < 4.78 is 41.3. The van der Waals surface area contributed by atoms with Crippen LogP contribution in [0.15, 0.2) is 48.6 Å². The van der Waals surface area contributed by atoms with Gasteiger partial charge in [-0.05, 0) is 105 Å². The van der Waals surface area contributed by atoms with E-state index in [1.807, 2.05) is 30.0 Å². The van der Waals surface area contributed by atoms with Crippen LogP contribution in [0.25, 0.3) is 0 Å². The lowest BCUT2D eigenvalue weighted by Crippen LogP contribution is -2.63. The standard InChI is InChI=1S/C34H41ClN2O6S.C9H17N3O/c1-22-6-4-15-34(20-38,42-3)29-11-8-26(29)18-37-19-33(14-5-7-24-16-27(35)10-12-28(24)33)21-43-31-13-9-25(17-30(31)37)32(39)36-44(40,41)23(22)2;1-8(13)12-6-9(7-12)11-4-2-10-3-5-11/h4,9-10,12-13,15-17,20,22-23,26,29H,5-8,11,14,18-19,21H2,1-3H3,(H,36,39);9-10H,2-7H2,1H3/b15-4+;/t22-,23+,26-,29+,33-,34+;/m0./s1. The zero-order chi connectivity index (χ0) is 40.5. The fraction of sp³-hybridized carbons (Fsp3) is 0.605. The van der Waals surface area contributed by atoms with Crippen LogP contribution in [0.3, 0.4) is 0 Å². The monoisotopic (exact) mass is 823 g/mol. The number of nitrogens with one attached hydrogen (secondary N) is 2. The van der Waals surface area contributed by atoms with Crippen LogP contribution in [0.1, 0.15) is 74.4 Å². The second-order valence-electron chi connectivity index (χ2n) is 17.1. The van der Waals surface area contributed by atoms with Gasteiger partial charge in [0.25, 0.3) is 5.91 Å². The van der Waals surface area contributed by atoms with Crippen LogP contribution >= 0.6 is 11.6 Å². The maximum Gasteiger partial charge on any atom is 0.264 e. The third-order valence-electron chi connectivity index (χ3n) is 13.7. The predicted molar refractivity (Wildman–Crippen MR) is 221 cm³/mol. The number of nitrogens with zero attached hydrogens (tertiary/aromatic N) is 3. The van der Waals surface area contributed by atoms with Crippen LogP contribution in [-0.4, -0.2) is 119 Å². The lowest BCUT2D eigenvalue weighted by Gasteiger charge is -2.48. The molecule has 4 aliphatic heterocycles. The number of hydrogen-bond donors (Lipinski definition) is 2. The minimum atomic E-state index is -3.97. The molecule has 310 valence electrons. The van der Waals surface area contributed by atoms with Gasteiger partial charge >= 0.3 is 0 Å². The Morgan fingerprint density at radius 2 is 1.84 bits per heavy atom. The second-order valence-corrected chi connectivity index (χ2v) is 19.5. The molecule has 4 heterocycles. The van der Waals surface area contributed by atoms with Gasteiger partial charge in [-0.15, -0.1) is 0 Å². The number of likely N-dealkylation sites (tertiary alicyclic amines) is 1. The van der Waals surface area contributed by atoms with Gasteiger partial charge in [-0.1, -0.05) is 30.7 Å². The molecule has 3 fully saturated rings. The number of benzene rings is 2. The van der Waals surface area contributed by atoms with E-state index in [4.69, 9.17) is 21.1 Å². The molecule has 2 aromatic rings. The van der Waals surface area contributed by atoms with E-state index < -0.39 is 26.8 Å². The van der Waals surface area contributed by atoms with Crippen molar-refractivity contribution in [3.05, 3.63) is 70.3 Å². The third-order valence-corrected chi connectivity index (χ3v) is 15.8. The Labute approximate surface area is 342 Å².